The molecule has 1 aromatic carbocycles. The van der Waals surface area contributed by atoms with E-state index in [1.807, 2.05) is 0 Å². The van der Waals surface area contributed by atoms with Gasteiger partial charge < -0.3 is 4.57 Å². The van der Waals surface area contributed by atoms with Crippen LogP contribution in [0.3, 0.4) is 0 Å². The Bertz CT molecular complexity index is 580. The van der Waals surface area contributed by atoms with Crippen LogP contribution >= 0.6 is 0 Å². The molecular weight excluding hydrogens is 258 g/mol. The van der Waals surface area contributed by atoms with E-state index in [9.17, 15) is 0 Å². The summed E-state index contributed by atoms with van der Waals surface area (Å²) in [6.45, 7) is 1.01. The van der Waals surface area contributed by atoms with Crippen LogP contribution in [-0.4, -0.2) is 30.1 Å². The van der Waals surface area contributed by atoms with Crippen molar-refractivity contribution in [3.8, 4) is 0 Å². The summed E-state index contributed by atoms with van der Waals surface area (Å²) in [6.07, 6.45) is 2.41. The van der Waals surface area contributed by atoms with Crippen LogP contribution in [0.4, 0.5) is 0 Å². The van der Waals surface area contributed by atoms with Crippen molar-refractivity contribution in [2.75, 3.05) is 20.6 Å². The molecule has 1 radical (unpaired) electrons. The molecule has 0 spiro atoms. The van der Waals surface area contributed by atoms with Gasteiger partial charge in [-0.05, 0) is 44.6 Å². The van der Waals surface area contributed by atoms with Crippen LogP contribution in [0, 0.1) is 0 Å². The predicted octanol–water partition coefficient (Wildman–Crippen LogP) is 3.12. The molecule has 2 aromatic rings. The van der Waals surface area contributed by atoms with Gasteiger partial charge in [0.2, 0.25) is 0 Å². The molecule has 1 aliphatic heterocycles. The van der Waals surface area contributed by atoms with Crippen LogP contribution in [0.1, 0.15) is 41.9 Å². The molecule has 1 saturated heterocycles. The first-order chi connectivity index (χ1) is 10.2. The second kappa shape index (κ2) is 6.04. The van der Waals surface area contributed by atoms with Crippen molar-refractivity contribution in [3.05, 3.63) is 59.4 Å². The maximum atomic E-state index is 4.72. The molecule has 2 atom stereocenters. The summed E-state index contributed by atoms with van der Waals surface area (Å²) in [6, 6.07) is 15.9. The van der Waals surface area contributed by atoms with E-state index in [0.717, 1.165) is 6.54 Å². The first kappa shape index (κ1) is 14.4. The summed E-state index contributed by atoms with van der Waals surface area (Å²) in [7, 11) is 6.46. The number of hydrogen-bond acceptors (Lipinski definition) is 1. The van der Waals surface area contributed by atoms with Crippen molar-refractivity contribution in [2.24, 2.45) is 7.05 Å². The molecule has 2 heterocycles. The molecule has 111 valence electrons. The summed E-state index contributed by atoms with van der Waals surface area (Å²) >= 11 is 0. The van der Waals surface area contributed by atoms with E-state index >= 15 is 0 Å². The van der Waals surface area contributed by atoms with Gasteiger partial charge in [-0.3, -0.25) is 4.90 Å². The standard InChI is InChI=1S/C18H24N3/c1-20(2)18(14-8-5-4-6-9-14)17-12-11-16(21(17)3)15-10-7-13-19-15/h4-6,8-9,11-12,15,18H,7,10,13H2,1-3H3. The summed E-state index contributed by atoms with van der Waals surface area (Å²) in [5, 5.41) is 4.72. The Morgan fingerprint density at radius 2 is 1.90 bits per heavy atom. The first-order valence-electron chi connectivity index (χ1n) is 7.72. The molecule has 3 rings (SSSR count). The zero-order valence-corrected chi connectivity index (χ0v) is 13.2. The number of benzene rings is 1. The SMILES string of the molecule is CN(C)C(c1ccccc1)c1ccc(C2CCC[N]2)n1C. The van der Waals surface area contributed by atoms with Crippen LogP contribution in [0.2, 0.25) is 0 Å². The van der Waals surface area contributed by atoms with Crippen molar-refractivity contribution in [1.82, 2.24) is 14.8 Å². The molecule has 0 bridgehead atoms. The van der Waals surface area contributed by atoms with E-state index in [1.165, 1.54) is 29.8 Å². The summed E-state index contributed by atoms with van der Waals surface area (Å²) in [5.41, 5.74) is 4.02. The van der Waals surface area contributed by atoms with Crippen molar-refractivity contribution < 1.29 is 0 Å². The van der Waals surface area contributed by atoms with E-state index in [2.05, 4.69) is 73.1 Å². The van der Waals surface area contributed by atoms with Gasteiger partial charge in [0.05, 0.1) is 12.1 Å². The highest BCUT2D eigenvalue weighted by atomic mass is 15.1. The predicted molar refractivity (Wildman–Crippen MR) is 86.4 cm³/mol. The van der Waals surface area contributed by atoms with Crippen LogP contribution in [0.25, 0.3) is 0 Å². The first-order valence-corrected chi connectivity index (χ1v) is 7.72. The maximum absolute atomic E-state index is 4.72. The van der Waals surface area contributed by atoms with Crippen LogP contribution in [0.5, 0.6) is 0 Å². The van der Waals surface area contributed by atoms with Gasteiger partial charge in [-0.25, -0.2) is 5.32 Å². The van der Waals surface area contributed by atoms with Gasteiger partial charge in [-0.2, -0.15) is 0 Å². The Kier molecular flexibility index (Phi) is 4.13. The Morgan fingerprint density at radius 3 is 2.52 bits per heavy atom. The fourth-order valence-corrected chi connectivity index (χ4v) is 3.39. The Hall–Kier alpha value is -1.58. The van der Waals surface area contributed by atoms with E-state index in [4.69, 9.17) is 5.32 Å². The third-order valence-electron chi connectivity index (χ3n) is 4.44. The number of hydrogen-bond donors (Lipinski definition) is 0. The lowest BCUT2D eigenvalue weighted by Crippen LogP contribution is -2.24. The normalized spacial score (nSPS) is 20.1. The average molecular weight is 282 g/mol. The smallest absolute Gasteiger partial charge is 0.0751 e. The molecular formula is C18H24N3. The lowest BCUT2D eigenvalue weighted by Gasteiger charge is -2.26. The molecule has 0 N–H and O–H groups in total. The van der Waals surface area contributed by atoms with Crippen molar-refractivity contribution >= 4 is 0 Å². The Balaban J connectivity index is 1.97. The lowest BCUT2D eigenvalue weighted by atomic mass is 10.0. The quantitative estimate of drug-likeness (QED) is 0.844. The second-order valence-electron chi connectivity index (χ2n) is 6.08. The molecule has 0 saturated carbocycles. The topological polar surface area (TPSA) is 22.3 Å². The van der Waals surface area contributed by atoms with Gasteiger partial charge in [-0.1, -0.05) is 30.3 Å². The molecule has 1 fully saturated rings. The molecule has 1 aliphatic rings. The van der Waals surface area contributed by atoms with Gasteiger partial charge in [-0.15, -0.1) is 0 Å². The fraction of sp³-hybridized carbons (Fsp3) is 0.444. The summed E-state index contributed by atoms with van der Waals surface area (Å²) in [5.74, 6) is 0. The second-order valence-corrected chi connectivity index (χ2v) is 6.08. The van der Waals surface area contributed by atoms with Crippen LogP contribution in [-0.2, 0) is 7.05 Å². The largest absolute Gasteiger partial charge is 0.348 e. The summed E-state index contributed by atoms with van der Waals surface area (Å²) in [4.78, 5) is 2.28. The molecule has 3 heteroatoms. The average Bonchev–Trinajstić information content (AvgIpc) is 3.11. The number of aromatic nitrogens is 1. The number of nitrogens with zero attached hydrogens (tertiary/aromatic N) is 3. The minimum Gasteiger partial charge on any atom is -0.348 e. The van der Waals surface area contributed by atoms with Gasteiger partial charge in [0.25, 0.3) is 0 Å². The molecule has 3 nitrogen and oxygen atoms in total. The van der Waals surface area contributed by atoms with Crippen LogP contribution < -0.4 is 5.32 Å². The number of rotatable bonds is 4. The molecule has 2 unspecified atom stereocenters. The fourth-order valence-electron chi connectivity index (χ4n) is 3.39. The minimum atomic E-state index is 0.284. The van der Waals surface area contributed by atoms with Crippen molar-refractivity contribution in [3.63, 3.8) is 0 Å². The maximum Gasteiger partial charge on any atom is 0.0751 e. The van der Waals surface area contributed by atoms with Gasteiger partial charge in [0.1, 0.15) is 0 Å². The van der Waals surface area contributed by atoms with Gasteiger partial charge >= 0.3 is 0 Å². The van der Waals surface area contributed by atoms with E-state index in [1.54, 1.807) is 0 Å². The third-order valence-corrected chi connectivity index (χ3v) is 4.44. The van der Waals surface area contributed by atoms with Crippen LogP contribution in [0.15, 0.2) is 42.5 Å². The molecule has 0 amide bonds. The highest BCUT2D eigenvalue weighted by Gasteiger charge is 2.25. The Labute approximate surface area is 127 Å². The highest BCUT2D eigenvalue weighted by Crippen LogP contribution is 2.32. The van der Waals surface area contributed by atoms with E-state index < -0.39 is 0 Å². The molecule has 0 aliphatic carbocycles. The Morgan fingerprint density at radius 1 is 1.14 bits per heavy atom. The summed E-state index contributed by atoms with van der Waals surface area (Å²) < 4.78 is 2.34. The van der Waals surface area contributed by atoms with Crippen molar-refractivity contribution in [2.45, 2.75) is 24.9 Å². The van der Waals surface area contributed by atoms with Gasteiger partial charge in [0, 0.05) is 25.0 Å². The monoisotopic (exact) mass is 282 g/mol. The van der Waals surface area contributed by atoms with Gasteiger partial charge in [0.15, 0.2) is 0 Å². The van der Waals surface area contributed by atoms with E-state index in [0.29, 0.717) is 6.04 Å². The minimum absolute atomic E-state index is 0.284. The highest BCUT2D eigenvalue weighted by molar-refractivity contribution is 5.31. The van der Waals surface area contributed by atoms with E-state index in [-0.39, 0.29) is 6.04 Å². The lowest BCUT2D eigenvalue weighted by molar-refractivity contribution is 0.329. The zero-order valence-electron chi connectivity index (χ0n) is 13.2. The van der Waals surface area contributed by atoms with Crippen molar-refractivity contribution in [1.29, 1.82) is 0 Å². The molecule has 21 heavy (non-hydrogen) atoms. The molecule has 1 aromatic heterocycles. The zero-order chi connectivity index (χ0) is 14.8. The third kappa shape index (κ3) is 2.76.